The van der Waals surface area contributed by atoms with Gasteiger partial charge in [0.15, 0.2) is 0 Å². The number of aromatic nitrogens is 1. The molecule has 0 aliphatic carbocycles. The SMILES string of the molecule is CCOC(=O)Nc1ccccc1-c1csc(CNC(=O)[C@@H](CC(=O)O)Cc2ccccc2)n1. The molecule has 2 aromatic carbocycles. The fraction of sp³-hybridized carbons (Fsp3) is 0.250. The van der Waals surface area contributed by atoms with Crippen LogP contribution in [0.15, 0.2) is 60.0 Å². The number of rotatable bonds is 10. The summed E-state index contributed by atoms with van der Waals surface area (Å²) in [5.41, 5.74) is 2.86. The summed E-state index contributed by atoms with van der Waals surface area (Å²) in [5.74, 6) is -2.03. The van der Waals surface area contributed by atoms with Gasteiger partial charge in [-0.3, -0.25) is 14.9 Å². The lowest BCUT2D eigenvalue weighted by Crippen LogP contribution is -2.33. The quantitative estimate of drug-likeness (QED) is 0.409. The monoisotopic (exact) mass is 467 g/mol. The molecule has 0 saturated carbocycles. The normalized spacial score (nSPS) is 11.4. The lowest BCUT2D eigenvalue weighted by Gasteiger charge is -2.14. The van der Waals surface area contributed by atoms with Crippen LogP contribution >= 0.6 is 11.3 Å². The van der Waals surface area contributed by atoms with Crippen LogP contribution < -0.4 is 10.6 Å². The van der Waals surface area contributed by atoms with E-state index in [4.69, 9.17) is 4.74 Å². The van der Waals surface area contributed by atoms with Crippen LogP contribution in [0.3, 0.4) is 0 Å². The molecule has 8 nitrogen and oxygen atoms in total. The van der Waals surface area contributed by atoms with E-state index in [0.29, 0.717) is 22.8 Å². The number of carboxylic acids is 1. The number of nitrogens with one attached hydrogen (secondary N) is 2. The highest BCUT2D eigenvalue weighted by Crippen LogP contribution is 2.29. The zero-order chi connectivity index (χ0) is 23.6. The zero-order valence-electron chi connectivity index (χ0n) is 18.1. The molecule has 0 fully saturated rings. The standard InChI is InChI=1S/C24H25N3O5S/c1-2-32-24(31)27-19-11-7-6-10-18(19)20-15-33-21(26-20)14-25-23(30)17(13-22(28)29)12-16-8-4-3-5-9-16/h3-11,15,17H,2,12-14H2,1H3,(H,25,30)(H,27,31)(H,28,29)/t17-/m1/s1. The molecule has 1 heterocycles. The van der Waals surface area contributed by atoms with Crippen molar-refractivity contribution in [2.45, 2.75) is 26.3 Å². The molecular weight excluding hydrogens is 442 g/mol. The van der Waals surface area contributed by atoms with E-state index >= 15 is 0 Å². The van der Waals surface area contributed by atoms with Crippen LogP contribution in [0.5, 0.6) is 0 Å². The highest BCUT2D eigenvalue weighted by molar-refractivity contribution is 7.09. The Kier molecular flexibility index (Phi) is 8.54. The van der Waals surface area contributed by atoms with Crippen molar-refractivity contribution in [3.05, 3.63) is 70.5 Å². The molecule has 172 valence electrons. The molecule has 1 aromatic heterocycles. The third-order valence-electron chi connectivity index (χ3n) is 4.80. The summed E-state index contributed by atoms with van der Waals surface area (Å²) >= 11 is 1.37. The summed E-state index contributed by atoms with van der Waals surface area (Å²) in [6.07, 6.45) is -0.457. The lowest BCUT2D eigenvalue weighted by atomic mass is 9.95. The van der Waals surface area contributed by atoms with Gasteiger partial charge in [0.1, 0.15) is 5.01 Å². The molecule has 0 aliphatic heterocycles. The summed E-state index contributed by atoms with van der Waals surface area (Å²) in [6, 6.07) is 16.6. The van der Waals surface area contributed by atoms with Gasteiger partial charge in [0.25, 0.3) is 0 Å². The van der Waals surface area contributed by atoms with Crippen LogP contribution in [0, 0.1) is 5.92 Å². The van der Waals surface area contributed by atoms with Crippen LogP contribution in [0.2, 0.25) is 0 Å². The Bertz CT molecular complexity index is 1100. The van der Waals surface area contributed by atoms with E-state index in [1.165, 1.54) is 11.3 Å². The van der Waals surface area contributed by atoms with E-state index in [0.717, 1.165) is 11.1 Å². The van der Waals surface area contributed by atoms with Gasteiger partial charge in [-0.1, -0.05) is 48.5 Å². The van der Waals surface area contributed by atoms with Gasteiger partial charge in [0, 0.05) is 10.9 Å². The maximum atomic E-state index is 12.7. The molecule has 33 heavy (non-hydrogen) atoms. The van der Waals surface area contributed by atoms with E-state index in [-0.39, 0.29) is 25.5 Å². The average Bonchev–Trinajstić information content (AvgIpc) is 3.27. The first-order valence-corrected chi connectivity index (χ1v) is 11.3. The average molecular weight is 468 g/mol. The highest BCUT2D eigenvalue weighted by Gasteiger charge is 2.22. The van der Waals surface area contributed by atoms with E-state index in [1.807, 2.05) is 47.8 Å². The molecule has 2 amide bonds. The van der Waals surface area contributed by atoms with Crippen molar-refractivity contribution in [3.63, 3.8) is 0 Å². The molecule has 0 aliphatic rings. The number of benzene rings is 2. The summed E-state index contributed by atoms with van der Waals surface area (Å²) < 4.78 is 4.94. The number of hydrogen-bond acceptors (Lipinski definition) is 6. The van der Waals surface area contributed by atoms with Gasteiger partial charge in [0.2, 0.25) is 5.91 Å². The molecule has 3 N–H and O–H groups in total. The minimum Gasteiger partial charge on any atom is -0.481 e. The molecule has 1 atom stereocenters. The number of nitrogens with zero attached hydrogens (tertiary/aromatic N) is 1. The molecule has 0 radical (unpaired) electrons. The first-order chi connectivity index (χ1) is 16.0. The first kappa shape index (κ1) is 23.9. The van der Waals surface area contributed by atoms with Crippen LogP contribution in [0.4, 0.5) is 10.5 Å². The van der Waals surface area contributed by atoms with Crippen molar-refractivity contribution in [2.24, 2.45) is 5.92 Å². The number of amides is 2. The number of carbonyl (C=O) groups excluding carboxylic acids is 2. The lowest BCUT2D eigenvalue weighted by molar-refractivity contribution is -0.141. The Morgan fingerprint density at radius 2 is 1.82 bits per heavy atom. The number of para-hydroxylation sites is 1. The number of hydrogen-bond donors (Lipinski definition) is 3. The van der Waals surface area contributed by atoms with Gasteiger partial charge in [-0.2, -0.15) is 0 Å². The van der Waals surface area contributed by atoms with E-state index in [1.54, 1.807) is 19.1 Å². The van der Waals surface area contributed by atoms with E-state index < -0.39 is 18.0 Å². The summed E-state index contributed by atoms with van der Waals surface area (Å²) in [6.45, 7) is 2.18. The maximum Gasteiger partial charge on any atom is 0.411 e. The van der Waals surface area contributed by atoms with Crippen LogP contribution in [-0.4, -0.2) is 34.7 Å². The van der Waals surface area contributed by atoms with E-state index in [2.05, 4.69) is 15.6 Å². The van der Waals surface area contributed by atoms with Gasteiger partial charge in [-0.05, 0) is 25.0 Å². The topological polar surface area (TPSA) is 118 Å². The number of anilines is 1. The van der Waals surface area contributed by atoms with Crippen molar-refractivity contribution in [1.82, 2.24) is 10.3 Å². The number of carboxylic acid groups (broad SMARTS) is 1. The molecule has 3 rings (SSSR count). The smallest absolute Gasteiger partial charge is 0.411 e. The van der Waals surface area contributed by atoms with Crippen molar-refractivity contribution in [3.8, 4) is 11.3 Å². The third kappa shape index (κ3) is 7.15. The Morgan fingerprint density at radius 1 is 1.09 bits per heavy atom. The minimum atomic E-state index is -1.02. The van der Waals surface area contributed by atoms with Crippen molar-refractivity contribution in [2.75, 3.05) is 11.9 Å². The number of thiazole rings is 1. The highest BCUT2D eigenvalue weighted by atomic mass is 32.1. The second kappa shape index (κ2) is 11.8. The minimum absolute atomic E-state index is 0.182. The molecular formula is C24H25N3O5S. The summed E-state index contributed by atoms with van der Waals surface area (Å²) in [4.78, 5) is 40.3. The molecule has 0 bridgehead atoms. The molecule has 0 spiro atoms. The number of ether oxygens (including phenoxy) is 1. The molecule has 9 heteroatoms. The number of carbonyl (C=O) groups is 3. The van der Waals surface area contributed by atoms with Crippen LogP contribution in [0.1, 0.15) is 23.9 Å². The number of aliphatic carboxylic acids is 1. The molecule has 0 unspecified atom stereocenters. The third-order valence-corrected chi connectivity index (χ3v) is 5.65. The predicted octanol–water partition coefficient (Wildman–Crippen LogP) is 4.33. The predicted molar refractivity (Wildman–Crippen MR) is 126 cm³/mol. The molecule has 3 aromatic rings. The fourth-order valence-corrected chi connectivity index (χ4v) is 4.02. The van der Waals surface area contributed by atoms with Gasteiger partial charge in [-0.15, -0.1) is 11.3 Å². The second-order valence-corrected chi connectivity index (χ2v) is 8.16. The van der Waals surface area contributed by atoms with Gasteiger partial charge < -0.3 is 15.2 Å². The van der Waals surface area contributed by atoms with Crippen molar-refractivity contribution < 1.29 is 24.2 Å². The van der Waals surface area contributed by atoms with Gasteiger partial charge in [0.05, 0.1) is 36.9 Å². The Labute approximate surface area is 195 Å². The Hall–Kier alpha value is -3.72. The maximum absolute atomic E-state index is 12.7. The largest absolute Gasteiger partial charge is 0.481 e. The van der Waals surface area contributed by atoms with Crippen LogP contribution in [-0.2, 0) is 27.3 Å². The van der Waals surface area contributed by atoms with Gasteiger partial charge >= 0.3 is 12.1 Å². The second-order valence-electron chi connectivity index (χ2n) is 7.22. The van der Waals surface area contributed by atoms with Crippen LogP contribution in [0.25, 0.3) is 11.3 Å². The first-order valence-electron chi connectivity index (χ1n) is 10.5. The summed E-state index contributed by atoms with van der Waals surface area (Å²) in [5, 5.41) is 17.2. The van der Waals surface area contributed by atoms with Crippen molar-refractivity contribution >= 4 is 35.0 Å². The van der Waals surface area contributed by atoms with E-state index in [9.17, 15) is 19.5 Å². The van der Waals surface area contributed by atoms with Gasteiger partial charge in [-0.25, -0.2) is 9.78 Å². The summed E-state index contributed by atoms with van der Waals surface area (Å²) in [7, 11) is 0. The van der Waals surface area contributed by atoms with Crippen molar-refractivity contribution in [1.29, 1.82) is 0 Å². The Morgan fingerprint density at radius 3 is 2.55 bits per heavy atom. The fourth-order valence-electron chi connectivity index (χ4n) is 3.28. The zero-order valence-corrected chi connectivity index (χ0v) is 18.9. The molecule has 0 saturated heterocycles. The Balaban J connectivity index is 1.66.